The lowest BCUT2D eigenvalue weighted by molar-refractivity contribution is -0.128. The summed E-state index contributed by atoms with van der Waals surface area (Å²) in [5.74, 6) is 0.655. The quantitative estimate of drug-likeness (QED) is 0.871. The molecule has 1 aromatic heterocycles. The van der Waals surface area contributed by atoms with Gasteiger partial charge in [-0.3, -0.25) is 10.1 Å². The molecule has 1 aromatic rings. The third-order valence-corrected chi connectivity index (χ3v) is 3.63. The van der Waals surface area contributed by atoms with Crippen molar-refractivity contribution in [1.82, 2.24) is 15.2 Å². The van der Waals surface area contributed by atoms with Crippen molar-refractivity contribution in [3.05, 3.63) is 23.9 Å². The molecule has 1 saturated heterocycles. The second-order valence-electron chi connectivity index (χ2n) is 5.50. The Labute approximate surface area is 117 Å². The van der Waals surface area contributed by atoms with Crippen molar-refractivity contribution in [3.63, 3.8) is 0 Å². The fourth-order valence-electron chi connectivity index (χ4n) is 2.45. The summed E-state index contributed by atoms with van der Waals surface area (Å²) in [7, 11) is 0. The van der Waals surface area contributed by atoms with Crippen LogP contribution < -0.4 is 10.6 Å². The second-order valence-corrected chi connectivity index (χ2v) is 5.50. The molecule has 2 N–H and O–H groups in total. The van der Waals surface area contributed by atoms with E-state index in [1.54, 1.807) is 12.3 Å². The fourth-order valence-corrected chi connectivity index (χ4v) is 2.45. The zero-order valence-electron chi connectivity index (χ0n) is 11.4. The minimum absolute atomic E-state index is 0.103. The van der Waals surface area contributed by atoms with Crippen LogP contribution in [0.4, 0.5) is 10.6 Å². The van der Waals surface area contributed by atoms with Crippen LogP contribution in [0, 0.1) is 6.92 Å². The van der Waals surface area contributed by atoms with Gasteiger partial charge < -0.3 is 10.2 Å². The summed E-state index contributed by atoms with van der Waals surface area (Å²) < 4.78 is 0. The van der Waals surface area contributed by atoms with E-state index in [0.29, 0.717) is 24.8 Å². The lowest BCUT2D eigenvalue weighted by atomic mass is 10.2. The molecule has 106 valence electrons. The van der Waals surface area contributed by atoms with Gasteiger partial charge in [0, 0.05) is 25.2 Å². The van der Waals surface area contributed by atoms with E-state index in [4.69, 9.17) is 0 Å². The van der Waals surface area contributed by atoms with Crippen molar-refractivity contribution in [1.29, 1.82) is 0 Å². The smallest absolute Gasteiger partial charge is 0.320 e. The first-order chi connectivity index (χ1) is 9.61. The summed E-state index contributed by atoms with van der Waals surface area (Å²) >= 11 is 0. The number of hydrogen-bond donors (Lipinski definition) is 2. The Bertz CT molecular complexity index is 524. The summed E-state index contributed by atoms with van der Waals surface area (Å²) in [4.78, 5) is 29.6. The molecule has 2 heterocycles. The van der Waals surface area contributed by atoms with E-state index in [1.165, 1.54) is 0 Å². The van der Waals surface area contributed by atoms with E-state index < -0.39 is 0 Å². The van der Waals surface area contributed by atoms with Gasteiger partial charge in [-0.2, -0.15) is 0 Å². The molecule has 0 radical (unpaired) electrons. The number of pyridine rings is 1. The van der Waals surface area contributed by atoms with Crippen molar-refractivity contribution >= 4 is 17.8 Å². The van der Waals surface area contributed by atoms with Gasteiger partial charge in [-0.1, -0.05) is 6.07 Å². The van der Waals surface area contributed by atoms with Gasteiger partial charge in [-0.05, 0) is 31.4 Å². The van der Waals surface area contributed by atoms with Crippen LogP contribution in [0.2, 0.25) is 0 Å². The largest absolute Gasteiger partial charge is 0.338 e. The number of amides is 3. The third-order valence-electron chi connectivity index (χ3n) is 3.63. The van der Waals surface area contributed by atoms with Gasteiger partial charge in [0.25, 0.3) is 0 Å². The van der Waals surface area contributed by atoms with Gasteiger partial charge >= 0.3 is 6.03 Å². The second kappa shape index (κ2) is 5.11. The standard InChI is InChI=1S/C14H18N4O2/c1-9-2-5-12(15-7-9)17-14(20)16-10-6-13(19)18(8-10)11-3-4-11/h2,5,7,10-11H,3-4,6,8H2,1H3,(H2,15,16,17,20). The molecule has 6 heteroatoms. The monoisotopic (exact) mass is 274 g/mol. The lowest BCUT2D eigenvalue weighted by Gasteiger charge is -2.16. The summed E-state index contributed by atoms with van der Waals surface area (Å²) in [5.41, 5.74) is 1.04. The first-order valence-corrected chi connectivity index (χ1v) is 6.91. The Balaban J connectivity index is 1.51. The molecule has 3 amide bonds. The van der Waals surface area contributed by atoms with Crippen molar-refractivity contribution in [3.8, 4) is 0 Å². The van der Waals surface area contributed by atoms with Crippen molar-refractivity contribution in [2.45, 2.75) is 38.3 Å². The van der Waals surface area contributed by atoms with Crippen LogP contribution in [0.25, 0.3) is 0 Å². The highest BCUT2D eigenvalue weighted by Gasteiger charge is 2.39. The van der Waals surface area contributed by atoms with Crippen LogP contribution in [-0.2, 0) is 4.79 Å². The Morgan fingerprint density at radius 2 is 2.20 bits per heavy atom. The minimum atomic E-state index is -0.309. The van der Waals surface area contributed by atoms with Gasteiger partial charge in [-0.15, -0.1) is 0 Å². The molecular weight excluding hydrogens is 256 g/mol. The summed E-state index contributed by atoms with van der Waals surface area (Å²) in [6, 6.07) is 3.64. The van der Waals surface area contributed by atoms with Crippen molar-refractivity contribution in [2.24, 2.45) is 0 Å². The van der Waals surface area contributed by atoms with Crippen LogP contribution in [0.15, 0.2) is 18.3 Å². The summed E-state index contributed by atoms with van der Waals surface area (Å²) in [6.45, 7) is 2.56. The third kappa shape index (κ3) is 2.89. The number of likely N-dealkylation sites (tertiary alicyclic amines) is 1. The average Bonchev–Trinajstić information content (AvgIpc) is 3.17. The molecule has 0 spiro atoms. The molecular formula is C14H18N4O2. The number of aromatic nitrogens is 1. The highest BCUT2D eigenvalue weighted by Crippen LogP contribution is 2.30. The first-order valence-electron chi connectivity index (χ1n) is 6.91. The number of urea groups is 1. The summed E-state index contributed by atoms with van der Waals surface area (Å²) in [5, 5.41) is 5.51. The maximum atomic E-state index is 11.9. The molecule has 2 aliphatic rings. The molecule has 1 atom stereocenters. The van der Waals surface area contributed by atoms with Gasteiger partial charge in [0.05, 0.1) is 6.04 Å². The molecule has 0 aromatic carbocycles. The maximum Gasteiger partial charge on any atom is 0.320 e. The van der Waals surface area contributed by atoms with E-state index in [0.717, 1.165) is 18.4 Å². The zero-order chi connectivity index (χ0) is 14.1. The number of anilines is 1. The Morgan fingerprint density at radius 3 is 2.85 bits per heavy atom. The van der Waals surface area contributed by atoms with Crippen LogP contribution in [-0.4, -0.2) is 40.5 Å². The topological polar surface area (TPSA) is 74.3 Å². The maximum absolute atomic E-state index is 11.9. The highest BCUT2D eigenvalue weighted by molar-refractivity contribution is 5.89. The van der Waals surface area contributed by atoms with Crippen LogP contribution in [0.3, 0.4) is 0 Å². The molecule has 0 bridgehead atoms. The molecule has 1 saturated carbocycles. The van der Waals surface area contributed by atoms with Crippen molar-refractivity contribution < 1.29 is 9.59 Å². The van der Waals surface area contributed by atoms with E-state index in [-0.39, 0.29) is 18.0 Å². The van der Waals surface area contributed by atoms with Gasteiger partial charge in [-0.25, -0.2) is 9.78 Å². The van der Waals surface area contributed by atoms with Crippen LogP contribution >= 0.6 is 0 Å². The first kappa shape index (κ1) is 12.9. The molecule has 1 aliphatic carbocycles. The number of hydrogen-bond acceptors (Lipinski definition) is 3. The number of rotatable bonds is 3. The van der Waals surface area contributed by atoms with Crippen molar-refractivity contribution in [2.75, 3.05) is 11.9 Å². The normalized spacial score (nSPS) is 21.9. The molecule has 2 fully saturated rings. The van der Waals surface area contributed by atoms with Gasteiger partial charge in [0.15, 0.2) is 0 Å². The number of carbonyl (C=O) groups is 2. The number of nitrogens with one attached hydrogen (secondary N) is 2. The predicted octanol–water partition coefficient (Wildman–Crippen LogP) is 1.27. The van der Waals surface area contributed by atoms with Crippen LogP contribution in [0.1, 0.15) is 24.8 Å². The fraction of sp³-hybridized carbons (Fsp3) is 0.500. The minimum Gasteiger partial charge on any atom is -0.338 e. The van der Waals surface area contributed by atoms with E-state index in [2.05, 4.69) is 15.6 Å². The average molecular weight is 274 g/mol. The Morgan fingerprint density at radius 1 is 1.40 bits per heavy atom. The summed E-state index contributed by atoms with van der Waals surface area (Å²) in [6.07, 6.45) is 4.28. The number of aryl methyl sites for hydroxylation is 1. The highest BCUT2D eigenvalue weighted by atomic mass is 16.2. The van der Waals surface area contributed by atoms with E-state index >= 15 is 0 Å². The molecule has 20 heavy (non-hydrogen) atoms. The van der Waals surface area contributed by atoms with E-state index in [9.17, 15) is 9.59 Å². The van der Waals surface area contributed by atoms with Gasteiger partial charge in [0.2, 0.25) is 5.91 Å². The predicted molar refractivity (Wildman–Crippen MR) is 74.3 cm³/mol. The SMILES string of the molecule is Cc1ccc(NC(=O)NC2CC(=O)N(C3CC3)C2)nc1. The Kier molecular flexibility index (Phi) is 3.30. The van der Waals surface area contributed by atoms with E-state index in [1.807, 2.05) is 17.9 Å². The molecule has 1 aliphatic heterocycles. The molecule has 3 rings (SSSR count). The zero-order valence-corrected chi connectivity index (χ0v) is 11.4. The molecule has 1 unspecified atom stereocenters. The number of carbonyl (C=O) groups excluding carboxylic acids is 2. The number of nitrogens with zero attached hydrogens (tertiary/aromatic N) is 2. The molecule has 6 nitrogen and oxygen atoms in total. The van der Waals surface area contributed by atoms with Crippen LogP contribution in [0.5, 0.6) is 0 Å². The Hall–Kier alpha value is -2.11. The lowest BCUT2D eigenvalue weighted by Crippen LogP contribution is -2.40. The van der Waals surface area contributed by atoms with Gasteiger partial charge in [0.1, 0.15) is 5.82 Å².